The summed E-state index contributed by atoms with van der Waals surface area (Å²) in [6.45, 7) is 7.90. The second-order valence-corrected chi connectivity index (χ2v) is 7.93. The molecule has 0 unspecified atom stereocenters. The van der Waals surface area contributed by atoms with Crippen molar-refractivity contribution in [1.29, 1.82) is 0 Å². The topological polar surface area (TPSA) is 85.5 Å². The van der Waals surface area contributed by atoms with Crippen molar-refractivity contribution < 1.29 is 8.42 Å². The number of sulfonamides is 1. The van der Waals surface area contributed by atoms with Gasteiger partial charge in [-0.25, -0.2) is 13.1 Å². The van der Waals surface area contributed by atoms with E-state index in [0.717, 1.165) is 11.1 Å². The van der Waals surface area contributed by atoms with E-state index >= 15 is 0 Å². The summed E-state index contributed by atoms with van der Waals surface area (Å²) >= 11 is 0. The Bertz CT molecular complexity index is 1140. The maximum atomic E-state index is 12.8. The first-order valence-electron chi connectivity index (χ1n) is 8.49. The number of nitrogens with one attached hydrogen (secondary N) is 1. The zero-order chi connectivity index (χ0) is 19.1. The number of aryl methyl sites for hydroxylation is 4. The van der Waals surface area contributed by atoms with Crippen LogP contribution >= 0.6 is 0 Å². The molecule has 0 fully saturated rings. The van der Waals surface area contributed by atoms with Crippen molar-refractivity contribution in [1.82, 2.24) is 14.2 Å². The lowest BCUT2D eigenvalue weighted by atomic mass is 10.1. The van der Waals surface area contributed by atoms with Gasteiger partial charge in [-0.1, -0.05) is 19.1 Å². The van der Waals surface area contributed by atoms with Gasteiger partial charge in [0.05, 0.1) is 5.69 Å². The lowest BCUT2D eigenvalue weighted by Gasteiger charge is -2.10. The van der Waals surface area contributed by atoms with E-state index in [1.165, 1.54) is 16.9 Å². The molecule has 26 heavy (non-hydrogen) atoms. The normalized spacial score (nSPS) is 11.8. The Morgan fingerprint density at radius 1 is 1.15 bits per heavy atom. The van der Waals surface area contributed by atoms with E-state index in [1.54, 1.807) is 10.5 Å². The molecular weight excluding hydrogens is 352 g/mol. The van der Waals surface area contributed by atoms with Crippen molar-refractivity contribution >= 4 is 21.2 Å². The smallest absolute Gasteiger partial charge is 0.291 e. The van der Waals surface area contributed by atoms with Crippen LogP contribution in [0.4, 0.5) is 5.69 Å². The van der Waals surface area contributed by atoms with E-state index in [-0.39, 0.29) is 10.5 Å². The Balaban J connectivity index is 2.14. The third-order valence-electron chi connectivity index (χ3n) is 4.33. The summed E-state index contributed by atoms with van der Waals surface area (Å²) in [5.41, 5.74) is 2.31. The minimum Gasteiger partial charge on any atom is -0.297 e. The van der Waals surface area contributed by atoms with Gasteiger partial charge in [-0.2, -0.15) is 5.10 Å². The fourth-order valence-corrected chi connectivity index (χ4v) is 3.97. The standard InChI is InChI=1S/C18H22N4O3S/c1-5-17-19-22(6-2)18(23)16-10-14(11-21(16)17)26(24,25)20-15-9-12(3)7-8-13(15)4/h7-11,20H,5-6H2,1-4H3. The summed E-state index contributed by atoms with van der Waals surface area (Å²) in [7, 11) is -3.82. The number of hydrogen-bond acceptors (Lipinski definition) is 4. The van der Waals surface area contributed by atoms with Crippen LogP contribution in [0.2, 0.25) is 0 Å². The molecule has 138 valence electrons. The monoisotopic (exact) mass is 374 g/mol. The van der Waals surface area contributed by atoms with Gasteiger partial charge in [0, 0.05) is 19.2 Å². The number of fused-ring (bicyclic) bond motifs is 1. The summed E-state index contributed by atoms with van der Waals surface area (Å²) in [4.78, 5) is 12.5. The summed E-state index contributed by atoms with van der Waals surface area (Å²) in [6.07, 6.45) is 2.03. The second kappa shape index (κ2) is 6.60. The molecule has 0 aliphatic rings. The quantitative estimate of drug-likeness (QED) is 0.743. The minimum absolute atomic E-state index is 0.0425. The summed E-state index contributed by atoms with van der Waals surface area (Å²) in [5.74, 6) is 0.634. The maximum Gasteiger partial charge on any atom is 0.291 e. The van der Waals surface area contributed by atoms with Crippen molar-refractivity contribution in [2.45, 2.75) is 45.6 Å². The van der Waals surface area contributed by atoms with Crippen molar-refractivity contribution in [3.8, 4) is 0 Å². The van der Waals surface area contributed by atoms with Crippen LogP contribution in [0.5, 0.6) is 0 Å². The van der Waals surface area contributed by atoms with Crippen LogP contribution in [0.25, 0.3) is 5.52 Å². The number of anilines is 1. The number of rotatable bonds is 5. The third kappa shape index (κ3) is 3.12. The first-order chi connectivity index (χ1) is 12.3. The molecule has 3 aromatic rings. The highest BCUT2D eigenvalue weighted by molar-refractivity contribution is 7.92. The molecule has 7 nitrogen and oxygen atoms in total. The van der Waals surface area contributed by atoms with Crippen molar-refractivity contribution in [3.63, 3.8) is 0 Å². The van der Waals surface area contributed by atoms with Crippen LogP contribution in [0.3, 0.4) is 0 Å². The highest BCUT2D eigenvalue weighted by Gasteiger charge is 2.20. The van der Waals surface area contributed by atoms with Crippen molar-refractivity contribution in [2.24, 2.45) is 0 Å². The third-order valence-corrected chi connectivity index (χ3v) is 5.66. The van der Waals surface area contributed by atoms with Crippen LogP contribution in [0.1, 0.15) is 30.8 Å². The van der Waals surface area contributed by atoms with Crippen LogP contribution in [0.15, 0.2) is 40.2 Å². The van der Waals surface area contributed by atoms with E-state index in [4.69, 9.17) is 0 Å². The van der Waals surface area contributed by atoms with Crippen LogP contribution in [0, 0.1) is 13.8 Å². The Morgan fingerprint density at radius 3 is 2.54 bits per heavy atom. The first-order valence-corrected chi connectivity index (χ1v) is 9.97. The molecule has 1 aromatic carbocycles. The fourth-order valence-electron chi connectivity index (χ4n) is 2.83. The van der Waals surface area contributed by atoms with Gasteiger partial charge in [0.25, 0.3) is 15.6 Å². The number of benzene rings is 1. The Kier molecular flexibility index (Phi) is 4.62. The maximum absolute atomic E-state index is 12.8. The Labute approximate surface area is 152 Å². The molecule has 0 aliphatic carbocycles. The largest absolute Gasteiger partial charge is 0.297 e. The molecule has 0 saturated heterocycles. The van der Waals surface area contributed by atoms with Gasteiger partial charge in [0.2, 0.25) is 0 Å². The molecule has 0 saturated carbocycles. The average molecular weight is 374 g/mol. The minimum atomic E-state index is -3.82. The molecule has 3 rings (SSSR count). The Hall–Kier alpha value is -2.61. The molecule has 1 N–H and O–H groups in total. The van der Waals surface area contributed by atoms with Crippen molar-refractivity contribution in [3.05, 3.63) is 57.8 Å². The molecule has 0 spiro atoms. The van der Waals surface area contributed by atoms with E-state index < -0.39 is 10.0 Å². The SMILES string of the molecule is CCc1nn(CC)c(=O)c2cc(S(=O)(=O)Nc3cc(C)ccc3C)cn12. The van der Waals surface area contributed by atoms with E-state index in [0.29, 0.717) is 30.0 Å². The highest BCUT2D eigenvalue weighted by atomic mass is 32.2. The number of aromatic nitrogens is 3. The molecule has 2 heterocycles. The van der Waals surface area contributed by atoms with E-state index in [9.17, 15) is 13.2 Å². The highest BCUT2D eigenvalue weighted by Crippen LogP contribution is 2.22. The molecule has 0 atom stereocenters. The van der Waals surface area contributed by atoms with Crippen molar-refractivity contribution in [2.75, 3.05) is 4.72 Å². The predicted octanol–water partition coefficient (Wildman–Crippen LogP) is 2.50. The Morgan fingerprint density at radius 2 is 1.88 bits per heavy atom. The fraction of sp³-hybridized carbons (Fsp3) is 0.333. The molecule has 0 bridgehead atoms. The number of nitrogens with zero attached hydrogens (tertiary/aromatic N) is 3. The molecule has 8 heteroatoms. The van der Waals surface area contributed by atoms with Gasteiger partial charge in [0.1, 0.15) is 16.2 Å². The summed E-state index contributed by atoms with van der Waals surface area (Å²) < 4.78 is 31.2. The van der Waals surface area contributed by atoms with E-state index in [1.807, 2.05) is 39.8 Å². The van der Waals surface area contributed by atoms with Crippen LogP contribution < -0.4 is 10.3 Å². The van der Waals surface area contributed by atoms with Gasteiger partial charge >= 0.3 is 0 Å². The summed E-state index contributed by atoms with van der Waals surface area (Å²) in [6, 6.07) is 6.98. The number of hydrogen-bond donors (Lipinski definition) is 1. The molecule has 0 radical (unpaired) electrons. The van der Waals surface area contributed by atoms with E-state index in [2.05, 4.69) is 9.82 Å². The molecular formula is C18H22N4O3S. The molecule has 0 amide bonds. The lowest BCUT2D eigenvalue weighted by molar-refractivity contribution is 0.583. The molecule has 2 aromatic heterocycles. The first kappa shape index (κ1) is 18.2. The van der Waals surface area contributed by atoms with Crippen LogP contribution in [-0.4, -0.2) is 22.6 Å². The van der Waals surface area contributed by atoms with Gasteiger partial charge in [-0.05, 0) is 44.0 Å². The van der Waals surface area contributed by atoms with Crippen LogP contribution in [-0.2, 0) is 23.0 Å². The average Bonchev–Trinajstić information content (AvgIpc) is 3.05. The molecule has 0 aliphatic heterocycles. The van der Waals surface area contributed by atoms with Gasteiger partial charge < -0.3 is 0 Å². The predicted molar refractivity (Wildman–Crippen MR) is 101 cm³/mol. The zero-order valence-electron chi connectivity index (χ0n) is 15.3. The van der Waals surface area contributed by atoms with Gasteiger partial charge in [0.15, 0.2) is 0 Å². The van der Waals surface area contributed by atoms with Gasteiger partial charge in [-0.3, -0.25) is 13.9 Å². The van der Waals surface area contributed by atoms with Gasteiger partial charge in [-0.15, -0.1) is 0 Å². The zero-order valence-corrected chi connectivity index (χ0v) is 16.1. The lowest BCUT2D eigenvalue weighted by Crippen LogP contribution is -2.26. The second-order valence-electron chi connectivity index (χ2n) is 6.25. The summed E-state index contributed by atoms with van der Waals surface area (Å²) in [5, 5.41) is 4.29.